The first kappa shape index (κ1) is 14.1. The number of aryl methyl sites for hydroxylation is 1. The van der Waals surface area contributed by atoms with Gasteiger partial charge in [-0.05, 0) is 24.6 Å². The number of anilines is 1. The highest BCUT2D eigenvalue weighted by Crippen LogP contribution is 2.38. The van der Waals surface area contributed by atoms with Gasteiger partial charge in [-0.3, -0.25) is 14.7 Å². The Morgan fingerprint density at radius 1 is 1.41 bits per heavy atom. The van der Waals surface area contributed by atoms with E-state index in [4.69, 9.17) is 10.5 Å². The van der Waals surface area contributed by atoms with Crippen molar-refractivity contribution in [1.82, 2.24) is 10.2 Å². The zero-order valence-corrected chi connectivity index (χ0v) is 12.1. The highest BCUT2D eigenvalue weighted by atomic mass is 16.5. The number of ether oxygens (including phenoxy) is 1. The minimum absolute atomic E-state index is 0.0484. The molecule has 0 aliphatic carbocycles. The van der Waals surface area contributed by atoms with Crippen molar-refractivity contribution in [2.24, 2.45) is 5.73 Å². The van der Waals surface area contributed by atoms with E-state index in [-0.39, 0.29) is 18.4 Å². The molecular formula is C15H16N4O3. The summed E-state index contributed by atoms with van der Waals surface area (Å²) in [5.41, 5.74) is 7.98. The van der Waals surface area contributed by atoms with Gasteiger partial charge in [-0.1, -0.05) is 12.1 Å². The normalized spacial score (nSPS) is 16.8. The molecule has 1 atom stereocenters. The Morgan fingerprint density at radius 3 is 2.82 bits per heavy atom. The Morgan fingerprint density at radius 2 is 2.14 bits per heavy atom. The van der Waals surface area contributed by atoms with Crippen LogP contribution in [0.2, 0.25) is 0 Å². The minimum Gasteiger partial charge on any atom is -0.484 e. The van der Waals surface area contributed by atoms with E-state index in [1.54, 1.807) is 12.1 Å². The molecule has 1 aliphatic rings. The number of aromatic amines is 1. The second-order valence-corrected chi connectivity index (χ2v) is 5.24. The molecule has 0 bridgehead atoms. The molecule has 0 saturated carbocycles. The van der Waals surface area contributed by atoms with Crippen LogP contribution in [0.1, 0.15) is 29.2 Å². The second-order valence-electron chi connectivity index (χ2n) is 5.24. The maximum atomic E-state index is 11.8. The number of rotatable bonds is 4. The minimum atomic E-state index is -0.522. The van der Waals surface area contributed by atoms with Crippen LogP contribution in [0.5, 0.6) is 5.75 Å². The van der Waals surface area contributed by atoms with E-state index in [1.165, 1.54) is 0 Å². The van der Waals surface area contributed by atoms with Gasteiger partial charge in [-0.2, -0.15) is 5.10 Å². The highest BCUT2D eigenvalue weighted by Gasteiger charge is 2.30. The number of hydrogen-bond donors (Lipinski definition) is 3. The van der Waals surface area contributed by atoms with E-state index >= 15 is 0 Å². The van der Waals surface area contributed by atoms with Crippen LogP contribution in [0.3, 0.4) is 0 Å². The Labute approximate surface area is 126 Å². The van der Waals surface area contributed by atoms with Crippen molar-refractivity contribution in [2.75, 3.05) is 11.9 Å². The predicted octanol–water partition coefficient (Wildman–Crippen LogP) is 1.06. The molecular weight excluding hydrogens is 284 g/mol. The molecule has 0 spiro atoms. The number of nitrogens with two attached hydrogens (primary N) is 1. The van der Waals surface area contributed by atoms with E-state index in [1.807, 2.05) is 19.1 Å². The summed E-state index contributed by atoms with van der Waals surface area (Å²) in [6, 6.07) is 7.30. The summed E-state index contributed by atoms with van der Waals surface area (Å²) in [6.45, 7) is 1.77. The molecule has 2 amide bonds. The molecule has 3 rings (SSSR count). The molecule has 7 heteroatoms. The lowest BCUT2D eigenvalue weighted by Crippen LogP contribution is -2.23. The summed E-state index contributed by atoms with van der Waals surface area (Å²) in [5.74, 6) is 0.525. The van der Waals surface area contributed by atoms with Gasteiger partial charge >= 0.3 is 0 Å². The molecule has 0 fully saturated rings. The van der Waals surface area contributed by atoms with Crippen molar-refractivity contribution in [1.29, 1.82) is 0 Å². The molecule has 2 heterocycles. The van der Waals surface area contributed by atoms with Gasteiger partial charge in [-0.25, -0.2) is 0 Å². The summed E-state index contributed by atoms with van der Waals surface area (Å²) < 4.78 is 5.24. The largest absolute Gasteiger partial charge is 0.484 e. The molecule has 0 saturated heterocycles. The third-order valence-corrected chi connectivity index (χ3v) is 3.65. The molecule has 114 valence electrons. The van der Waals surface area contributed by atoms with Crippen LogP contribution < -0.4 is 15.8 Å². The summed E-state index contributed by atoms with van der Waals surface area (Å²) in [6.07, 6.45) is 0.370. The number of aromatic nitrogens is 2. The number of nitrogens with zero attached hydrogens (tertiary/aromatic N) is 1. The summed E-state index contributed by atoms with van der Waals surface area (Å²) in [7, 11) is 0. The third kappa shape index (κ3) is 2.65. The van der Waals surface area contributed by atoms with E-state index in [9.17, 15) is 9.59 Å². The number of nitrogens with one attached hydrogen (secondary N) is 2. The van der Waals surface area contributed by atoms with Crippen molar-refractivity contribution < 1.29 is 14.3 Å². The lowest BCUT2D eigenvalue weighted by atomic mass is 9.86. The molecule has 1 aromatic carbocycles. The van der Waals surface area contributed by atoms with Crippen LogP contribution in [-0.2, 0) is 9.59 Å². The standard InChI is InChI=1S/C15H16N4O3/c1-8-14-11(6-13(21)17-15(14)19-18-8)9-2-4-10(5-3-9)22-7-12(16)20/h2-5,11H,6-7H2,1H3,(H2,16,20)(H2,17,18,19,21)/t11-/m1/s1. The molecule has 7 nitrogen and oxygen atoms in total. The quantitative estimate of drug-likeness (QED) is 0.784. The van der Waals surface area contributed by atoms with E-state index in [0.29, 0.717) is 18.0 Å². The zero-order chi connectivity index (χ0) is 15.7. The smallest absolute Gasteiger partial charge is 0.255 e. The number of primary amides is 1. The Kier molecular flexibility index (Phi) is 3.54. The summed E-state index contributed by atoms with van der Waals surface area (Å²) in [4.78, 5) is 22.5. The molecule has 1 aromatic heterocycles. The Hall–Kier alpha value is -2.83. The lowest BCUT2D eigenvalue weighted by Gasteiger charge is -2.23. The second kappa shape index (κ2) is 5.51. The lowest BCUT2D eigenvalue weighted by molar-refractivity contribution is -0.120. The SMILES string of the molecule is Cc1[nH]nc2c1[C@@H](c1ccc(OCC(N)=O)cc1)CC(=O)N2. The van der Waals surface area contributed by atoms with Gasteiger partial charge in [0.2, 0.25) is 5.91 Å². The molecule has 1 aliphatic heterocycles. The van der Waals surface area contributed by atoms with Crippen LogP contribution in [-0.4, -0.2) is 28.6 Å². The van der Waals surface area contributed by atoms with Crippen molar-refractivity contribution >= 4 is 17.6 Å². The molecule has 0 unspecified atom stereocenters. The highest BCUT2D eigenvalue weighted by molar-refractivity contribution is 5.94. The first-order valence-corrected chi connectivity index (χ1v) is 6.90. The van der Waals surface area contributed by atoms with Crippen molar-refractivity contribution in [3.05, 3.63) is 41.1 Å². The first-order chi connectivity index (χ1) is 10.5. The number of H-pyrrole nitrogens is 1. The average molecular weight is 300 g/mol. The monoisotopic (exact) mass is 300 g/mol. The zero-order valence-electron chi connectivity index (χ0n) is 12.1. The number of carbonyl (C=O) groups excluding carboxylic acids is 2. The van der Waals surface area contributed by atoms with E-state index in [0.717, 1.165) is 16.8 Å². The Bertz CT molecular complexity index is 721. The maximum Gasteiger partial charge on any atom is 0.255 e. The van der Waals surface area contributed by atoms with Crippen molar-refractivity contribution in [2.45, 2.75) is 19.3 Å². The summed E-state index contributed by atoms with van der Waals surface area (Å²) >= 11 is 0. The molecule has 2 aromatic rings. The van der Waals surface area contributed by atoms with Gasteiger partial charge in [0.25, 0.3) is 5.91 Å². The van der Waals surface area contributed by atoms with E-state index in [2.05, 4.69) is 15.5 Å². The van der Waals surface area contributed by atoms with E-state index < -0.39 is 5.91 Å². The first-order valence-electron chi connectivity index (χ1n) is 6.90. The van der Waals surface area contributed by atoms with Crippen LogP contribution in [0.25, 0.3) is 0 Å². The fourth-order valence-corrected chi connectivity index (χ4v) is 2.67. The maximum absolute atomic E-state index is 11.8. The fraction of sp³-hybridized carbons (Fsp3) is 0.267. The average Bonchev–Trinajstić information content (AvgIpc) is 2.86. The van der Waals surface area contributed by atoms with Gasteiger partial charge in [0.15, 0.2) is 12.4 Å². The van der Waals surface area contributed by atoms with Gasteiger partial charge in [0.1, 0.15) is 5.75 Å². The van der Waals surface area contributed by atoms with Crippen LogP contribution in [0.15, 0.2) is 24.3 Å². The molecule has 22 heavy (non-hydrogen) atoms. The number of hydrogen-bond acceptors (Lipinski definition) is 4. The summed E-state index contributed by atoms with van der Waals surface area (Å²) in [5, 5.41) is 9.79. The van der Waals surface area contributed by atoms with Crippen LogP contribution >= 0.6 is 0 Å². The van der Waals surface area contributed by atoms with Gasteiger partial charge < -0.3 is 15.8 Å². The molecule has 0 radical (unpaired) electrons. The number of fused-ring (bicyclic) bond motifs is 1. The number of benzene rings is 1. The van der Waals surface area contributed by atoms with Gasteiger partial charge in [0.05, 0.1) is 0 Å². The number of amides is 2. The molecule has 4 N–H and O–H groups in total. The topological polar surface area (TPSA) is 110 Å². The van der Waals surface area contributed by atoms with Gasteiger partial charge in [0, 0.05) is 23.6 Å². The number of carbonyl (C=O) groups is 2. The van der Waals surface area contributed by atoms with Crippen molar-refractivity contribution in [3.63, 3.8) is 0 Å². The predicted molar refractivity (Wildman–Crippen MR) is 79.5 cm³/mol. The third-order valence-electron chi connectivity index (χ3n) is 3.65. The van der Waals surface area contributed by atoms with Crippen LogP contribution in [0.4, 0.5) is 5.82 Å². The van der Waals surface area contributed by atoms with Crippen molar-refractivity contribution in [3.8, 4) is 5.75 Å². The van der Waals surface area contributed by atoms with Crippen LogP contribution in [0, 0.1) is 6.92 Å². The fourth-order valence-electron chi connectivity index (χ4n) is 2.67. The van der Waals surface area contributed by atoms with Gasteiger partial charge in [-0.15, -0.1) is 0 Å². The Balaban J connectivity index is 1.86.